The third-order valence-electron chi connectivity index (χ3n) is 6.90. The maximum atomic E-state index is 12.8. The number of aromatic nitrogens is 2. The molecule has 156 valence electrons. The number of carbonyl (C=O) groups is 1. The SMILES string of the molecule is Cc1cc(C)n([C@@H]2CCN(C(=O)NC3CCN(C4CCN(C)CC4)CC3)C2)n1. The van der Waals surface area contributed by atoms with Crippen LogP contribution in [0.3, 0.4) is 0 Å². The molecule has 3 aliphatic heterocycles. The van der Waals surface area contributed by atoms with Crippen LogP contribution in [0.25, 0.3) is 0 Å². The summed E-state index contributed by atoms with van der Waals surface area (Å²) in [5.41, 5.74) is 2.24. The Labute approximate surface area is 169 Å². The highest BCUT2D eigenvalue weighted by Gasteiger charge is 2.32. The van der Waals surface area contributed by atoms with Crippen molar-refractivity contribution in [1.29, 1.82) is 0 Å². The van der Waals surface area contributed by atoms with Gasteiger partial charge in [0.25, 0.3) is 0 Å². The molecule has 0 spiro atoms. The van der Waals surface area contributed by atoms with Crippen LogP contribution in [0.15, 0.2) is 6.07 Å². The summed E-state index contributed by atoms with van der Waals surface area (Å²) in [4.78, 5) is 19.8. The highest BCUT2D eigenvalue weighted by atomic mass is 16.2. The molecular weight excluding hydrogens is 352 g/mol. The molecule has 1 N–H and O–H groups in total. The third-order valence-corrected chi connectivity index (χ3v) is 6.90. The van der Waals surface area contributed by atoms with Gasteiger partial charge in [-0.15, -0.1) is 0 Å². The number of hydrogen-bond acceptors (Lipinski definition) is 4. The van der Waals surface area contributed by atoms with Gasteiger partial charge in [0.1, 0.15) is 0 Å². The average molecular weight is 389 g/mol. The molecule has 4 rings (SSSR count). The van der Waals surface area contributed by atoms with E-state index in [1.54, 1.807) is 0 Å². The van der Waals surface area contributed by atoms with Crippen LogP contribution in [0.2, 0.25) is 0 Å². The van der Waals surface area contributed by atoms with Crippen molar-refractivity contribution in [3.05, 3.63) is 17.5 Å². The Morgan fingerprint density at radius 2 is 1.68 bits per heavy atom. The van der Waals surface area contributed by atoms with Crippen LogP contribution >= 0.6 is 0 Å². The summed E-state index contributed by atoms with van der Waals surface area (Å²) >= 11 is 0. The maximum Gasteiger partial charge on any atom is 0.317 e. The van der Waals surface area contributed by atoms with Crippen LogP contribution in [0.5, 0.6) is 0 Å². The number of hydrogen-bond donors (Lipinski definition) is 1. The van der Waals surface area contributed by atoms with Gasteiger partial charge >= 0.3 is 6.03 Å². The van der Waals surface area contributed by atoms with E-state index in [1.165, 1.54) is 31.6 Å². The van der Waals surface area contributed by atoms with Crippen LogP contribution in [0.4, 0.5) is 4.79 Å². The third kappa shape index (κ3) is 4.35. The Kier molecular flexibility index (Phi) is 5.92. The van der Waals surface area contributed by atoms with Crippen molar-refractivity contribution >= 4 is 6.03 Å². The zero-order valence-corrected chi connectivity index (χ0v) is 17.7. The van der Waals surface area contributed by atoms with Crippen LogP contribution in [0.1, 0.15) is 49.5 Å². The van der Waals surface area contributed by atoms with Gasteiger partial charge in [0.05, 0.1) is 11.7 Å². The van der Waals surface area contributed by atoms with Crippen LogP contribution < -0.4 is 5.32 Å². The second-order valence-electron chi connectivity index (χ2n) is 9.05. The fourth-order valence-electron chi connectivity index (χ4n) is 5.18. The number of nitrogens with zero attached hydrogens (tertiary/aromatic N) is 5. The molecule has 2 amide bonds. The quantitative estimate of drug-likeness (QED) is 0.861. The lowest BCUT2D eigenvalue weighted by atomic mass is 9.98. The van der Waals surface area contributed by atoms with Gasteiger partial charge in [-0.25, -0.2) is 4.79 Å². The average Bonchev–Trinajstić information content (AvgIpc) is 3.29. The maximum absolute atomic E-state index is 12.8. The van der Waals surface area contributed by atoms with Gasteiger partial charge in [-0.3, -0.25) is 4.68 Å². The second-order valence-corrected chi connectivity index (χ2v) is 9.05. The smallest absolute Gasteiger partial charge is 0.317 e. The zero-order valence-electron chi connectivity index (χ0n) is 17.7. The summed E-state index contributed by atoms with van der Waals surface area (Å²) in [7, 11) is 2.22. The molecule has 28 heavy (non-hydrogen) atoms. The zero-order chi connectivity index (χ0) is 19.7. The summed E-state index contributed by atoms with van der Waals surface area (Å²) in [6.07, 6.45) is 5.72. The van der Waals surface area contributed by atoms with Gasteiger partial charge in [-0.05, 0) is 72.2 Å². The van der Waals surface area contributed by atoms with Gasteiger partial charge in [0.2, 0.25) is 0 Å². The Bertz CT molecular complexity index is 672. The highest BCUT2D eigenvalue weighted by molar-refractivity contribution is 5.74. The Morgan fingerprint density at radius 3 is 2.32 bits per heavy atom. The predicted molar refractivity (Wildman–Crippen MR) is 111 cm³/mol. The molecule has 0 saturated carbocycles. The van der Waals surface area contributed by atoms with Crippen molar-refractivity contribution in [1.82, 2.24) is 29.8 Å². The van der Waals surface area contributed by atoms with Gasteiger partial charge in [0, 0.05) is 44.0 Å². The highest BCUT2D eigenvalue weighted by Crippen LogP contribution is 2.24. The van der Waals surface area contributed by atoms with Crippen LogP contribution in [-0.2, 0) is 0 Å². The van der Waals surface area contributed by atoms with Gasteiger partial charge in [-0.2, -0.15) is 5.10 Å². The number of likely N-dealkylation sites (tertiary alicyclic amines) is 3. The standard InChI is InChI=1S/C21H36N6O/c1-16-14-17(2)27(23-16)20-8-13-26(15-20)21(28)22-18-4-11-25(12-5-18)19-6-9-24(3)10-7-19/h14,18-20H,4-13,15H2,1-3H3,(H,22,28)/t20-/m1/s1. The Morgan fingerprint density at radius 1 is 1.00 bits per heavy atom. The molecule has 7 nitrogen and oxygen atoms in total. The van der Waals surface area contributed by atoms with E-state index in [2.05, 4.69) is 44.9 Å². The minimum Gasteiger partial charge on any atom is -0.335 e. The van der Waals surface area contributed by atoms with E-state index in [1.807, 2.05) is 11.8 Å². The van der Waals surface area contributed by atoms with Crippen molar-refractivity contribution in [2.75, 3.05) is 46.3 Å². The molecule has 7 heteroatoms. The van der Waals surface area contributed by atoms with Crippen molar-refractivity contribution < 1.29 is 4.79 Å². The summed E-state index contributed by atoms with van der Waals surface area (Å²) in [5.74, 6) is 0. The number of piperidine rings is 2. The van der Waals surface area contributed by atoms with E-state index in [0.717, 1.165) is 57.2 Å². The lowest BCUT2D eigenvalue weighted by Gasteiger charge is -2.41. The van der Waals surface area contributed by atoms with E-state index >= 15 is 0 Å². The number of aryl methyl sites for hydroxylation is 2. The lowest BCUT2D eigenvalue weighted by Crippen LogP contribution is -2.52. The van der Waals surface area contributed by atoms with E-state index in [4.69, 9.17) is 0 Å². The summed E-state index contributed by atoms with van der Waals surface area (Å²) in [6, 6.07) is 3.60. The van der Waals surface area contributed by atoms with E-state index in [-0.39, 0.29) is 6.03 Å². The van der Waals surface area contributed by atoms with E-state index in [0.29, 0.717) is 12.1 Å². The predicted octanol–water partition coefficient (Wildman–Crippen LogP) is 2.01. The first kappa shape index (κ1) is 19.7. The minimum atomic E-state index is 0.113. The molecule has 0 aromatic carbocycles. The van der Waals surface area contributed by atoms with Crippen LogP contribution in [-0.4, -0.2) is 88.9 Å². The summed E-state index contributed by atoms with van der Waals surface area (Å²) in [5, 5.41) is 7.91. The summed E-state index contributed by atoms with van der Waals surface area (Å²) in [6.45, 7) is 10.4. The van der Waals surface area contributed by atoms with Crippen molar-refractivity contribution in [3.63, 3.8) is 0 Å². The Hall–Kier alpha value is -1.60. The Balaban J connectivity index is 1.22. The van der Waals surface area contributed by atoms with Crippen molar-refractivity contribution in [3.8, 4) is 0 Å². The number of carbonyl (C=O) groups excluding carboxylic acids is 1. The van der Waals surface area contributed by atoms with Crippen LogP contribution in [0, 0.1) is 13.8 Å². The molecule has 3 saturated heterocycles. The molecule has 1 aromatic heterocycles. The molecule has 0 aliphatic carbocycles. The number of amides is 2. The number of rotatable bonds is 3. The van der Waals surface area contributed by atoms with Crippen molar-refractivity contribution in [2.24, 2.45) is 0 Å². The fraction of sp³-hybridized carbons (Fsp3) is 0.810. The molecule has 3 aliphatic rings. The monoisotopic (exact) mass is 388 g/mol. The van der Waals surface area contributed by atoms with E-state index in [9.17, 15) is 4.79 Å². The number of nitrogens with one attached hydrogen (secondary N) is 1. The first-order valence-electron chi connectivity index (χ1n) is 11.0. The molecule has 0 bridgehead atoms. The molecule has 0 unspecified atom stereocenters. The second kappa shape index (κ2) is 8.41. The molecular formula is C21H36N6O. The largest absolute Gasteiger partial charge is 0.335 e. The topological polar surface area (TPSA) is 56.6 Å². The molecule has 3 fully saturated rings. The molecule has 0 radical (unpaired) electrons. The number of urea groups is 1. The normalized spacial score (nSPS) is 26.1. The molecule has 1 atom stereocenters. The van der Waals surface area contributed by atoms with Crippen molar-refractivity contribution in [2.45, 2.75) is 64.1 Å². The summed E-state index contributed by atoms with van der Waals surface area (Å²) < 4.78 is 2.10. The molecule has 1 aromatic rings. The van der Waals surface area contributed by atoms with E-state index < -0.39 is 0 Å². The minimum absolute atomic E-state index is 0.113. The first-order valence-corrected chi connectivity index (χ1v) is 11.0. The fourth-order valence-corrected chi connectivity index (χ4v) is 5.18. The van der Waals surface area contributed by atoms with Gasteiger partial charge in [0.15, 0.2) is 0 Å². The van der Waals surface area contributed by atoms with Gasteiger partial charge in [-0.1, -0.05) is 0 Å². The lowest BCUT2D eigenvalue weighted by molar-refractivity contribution is 0.0923. The van der Waals surface area contributed by atoms with Gasteiger partial charge < -0.3 is 20.0 Å². The molecule has 4 heterocycles. The first-order chi connectivity index (χ1) is 13.5.